The van der Waals surface area contributed by atoms with Gasteiger partial charge in [-0.05, 0) is 36.4 Å². The first-order chi connectivity index (χ1) is 10.9. The van der Waals surface area contributed by atoms with E-state index in [0.29, 0.717) is 24.3 Å². The number of hydrogen-bond donors (Lipinski definition) is 2. The molecule has 0 aliphatic rings. The van der Waals surface area contributed by atoms with Gasteiger partial charge in [0.05, 0.1) is 0 Å². The van der Waals surface area contributed by atoms with Gasteiger partial charge in [0.25, 0.3) is 20.2 Å². The molecule has 2 N–H and O–H groups in total. The average Bonchev–Trinajstić information content (AvgIpc) is 2.45. The lowest BCUT2D eigenvalue weighted by atomic mass is 10.0. The van der Waals surface area contributed by atoms with Gasteiger partial charge in [0.1, 0.15) is 21.4 Å². The van der Waals surface area contributed by atoms with Gasteiger partial charge >= 0.3 is 0 Å². The highest BCUT2D eigenvalue weighted by Gasteiger charge is 2.22. The van der Waals surface area contributed by atoms with Crippen molar-refractivity contribution in [3.05, 3.63) is 59.2 Å². The van der Waals surface area contributed by atoms with Crippen LogP contribution in [0.25, 0.3) is 0 Å². The van der Waals surface area contributed by atoms with E-state index in [9.17, 15) is 30.4 Å². The Morgan fingerprint density at radius 2 is 1.08 bits per heavy atom. The van der Waals surface area contributed by atoms with Crippen molar-refractivity contribution in [3.63, 3.8) is 0 Å². The van der Waals surface area contributed by atoms with E-state index < -0.39 is 58.6 Å². The second-order valence-corrected chi connectivity index (χ2v) is 7.35. The monoisotopic (exact) mass is 378 g/mol. The lowest BCUT2D eigenvalue weighted by Gasteiger charge is -2.06. The van der Waals surface area contributed by atoms with Gasteiger partial charge in [-0.1, -0.05) is 0 Å². The maximum Gasteiger partial charge on any atom is 0.297 e. The zero-order valence-corrected chi connectivity index (χ0v) is 13.1. The number of rotatable bonds is 4. The predicted molar refractivity (Wildman–Crippen MR) is 75.9 cm³/mol. The number of carbonyl (C=O) groups is 1. The summed E-state index contributed by atoms with van der Waals surface area (Å²) in [5, 5.41) is 0. The third-order valence-corrected chi connectivity index (χ3v) is 4.68. The molecule has 0 heterocycles. The maximum absolute atomic E-state index is 13.4. The highest BCUT2D eigenvalue weighted by molar-refractivity contribution is 7.86. The molecule has 0 saturated heterocycles. The van der Waals surface area contributed by atoms with Gasteiger partial charge in [-0.25, -0.2) is 8.78 Å². The predicted octanol–water partition coefficient (Wildman–Crippen LogP) is 1.69. The number of benzene rings is 2. The fourth-order valence-electron chi connectivity index (χ4n) is 1.85. The molecule has 0 amide bonds. The minimum Gasteiger partial charge on any atom is -0.289 e. The van der Waals surface area contributed by atoms with Crippen LogP contribution in [-0.4, -0.2) is 31.7 Å². The molecule has 0 fully saturated rings. The molecule has 0 saturated carbocycles. The van der Waals surface area contributed by atoms with Crippen LogP contribution < -0.4 is 0 Å². The highest BCUT2D eigenvalue weighted by Crippen LogP contribution is 2.21. The molecule has 0 aliphatic heterocycles. The van der Waals surface area contributed by atoms with Crippen LogP contribution in [0, 0.1) is 11.6 Å². The van der Waals surface area contributed by atoms with E-state index in [1.807, 2.05) is 0 Å². The van der Waals surface area contributed by atoms with Crippen molar-refractivity contribution in [2.75, 3.05) is 0 Å². The van der Waals surface area contributed by atoms with Crippen molar-refractivity contribution < 1.29 is 39.5 Å². The largest absolute Gasteiger partial charge is 0.297 e. The van der Waals surface area contributed by atoms with Crippen molar-refractivity contribution in [3.8, 4) is 0 Å². The van der Waals surface area contributed by atoms with Gasteiger partial charge in [0, 0.05) is 11.1 Å². The summed E-state index contributed by atoms with van der Waals surface area (Å²) < 4.78 is 88.7. The van der Waals surface area contributed by atoms with Gasteiger partial charge in [0.2, 0.25) is 0 Å². The molecule has 0 atom stereocenters. The Kier molecular flexibility index (Phi) is 4.55. The van der Waals surface area contributed by atoms with Crippen LogP contribution in [0.2, 0.25) is 0 Å². The molecule has 0 spiro atoms. The second-order valence-electron chi connectivity index (χ2n) is 4.57. The summed E-state index contributed by atoms with van der Waals surface area (Å²) in [7, 11) is -9.87. The van der Waals surface area contributed by atoms with Gasteiger partial charge in [-0.2, -0.15) is 16.8 Å². The van der Waals surface area contributed by atoms with Crippen LogP contribution in [0.3, 0.4) is 0 Å². The smallest absolute Gasteiger partial charge is 0.289 e. The molecular formula is C13H8F2O7S2. The summed E-state index contributed by atoms with van der Waals surface area (Å²) in [4.78, 5) is 9.93. The number of carbonyl (C=O) groups excluding carboxylic acids is 1. The molecule has 11 heteroatoms. The standard InChI is InChI=1S/C13H8F2O7S2/c14-9-3-1-7(5-11(9)23(17,18)19)13(16)8-2-4-10(15)12(6-8)24(20,21)22/h1-6H,(H,17,18,19)(H,20,21,22). The summed E-state index contributed by atoms with van der Waals surface area (Å²) in [5.41, 5.74) is -0.811. The minimum atomic E-state index is -4.93. The Bertz CT molecular complexity index is 960. The first-order valence-electron chi connectivity index (χ1n) is 6.00. The van der Waals surface area contributed by atoms with Crippen molar-refractivity contribution in [2.24, 2.45) is 0 Å². The maximum atomic E-state index is 13.4. The van der Waals surface area contributed by atoms with Crippen LogP contribution in [0.4, 0.5) is 8.78 Å². The Morgan fingerprint density at radius 1 is 0.750 bits per heavy atom. The lowest BCUT2D eigenvalue weighted by Crippen LogP contribution is -2.09. The van der Waals surface area contributed by atoms with Crippen LogP contribution in [0.15, 0.2) is 46.2 Å². The molecule has 0 aliphatic carbocycles. The molecule has 24 heavy (non-hydrogen) atoms. The average molecular weight is 378 g/mol. The summed E-state index contributed by atoms with van der Waals surface area (Å²) >= 11 is 0. The van der Waals surface area contributed by atoms with Gasteiger partial charge in [-0.3, -0.25) is 13.9 Å². The Morgan fingerprint density at radius 3 is 1.38 bits per heavy atom. The lowest BCUT2D eigenvalue weighted by molar-refractivity contribution is 0.103. The number of halogens is 2. The number of ketones is 1. The Labute approximate surface area is 135 Å². The SMILES string of the molecule is O=C(c1ccc(F)c(S(=O)(=O)O)c1)c1ccc(F)c(S(=O)(=O)O)c1. The zero-order chi connectivity index (χ0) is 18.3. The molecular weight excluding hydrogens is 370 g/mol. The van der Waals surface area contributed by atoms with E-state index >= 15 is 0 Å². The molecule has 128 valence electrons. The van der Waals surface area contributed by atoms with Crippen molar-refractivity contribution in [1.82, 2.24) is 0 Å². The third kappa shape index (κ3) is 3.64. The summed E-state index contributed by atoms with van der Waals surface area (Å²) in [6.45, 7) is 0. The van der Waals surface area contributed by atoms with E-state index in [-0.39, 0.29) is 0 Å². The topological polar surface area (TPSA) is 126 Å². The van der Waals surface area contributed by atoms with E-state index in [1.54, 1.807) is 0 Å². The van der Waals surface area contributed by atoms with Crippen LogP contribution in [0.5, 0.6) is 0 Å². The van der Waals surface area contributed by atoms with Crippen molar-refractivity contribution in [1.29, 1.82) is 0 Å². The summed E-state index contributed by atoms with van der Waals surface area (Å²) in [6.07, 6.45) is 0. The van der Waals surface area contributed by atoms with Gasteiger partial charge in [-0.15, -0.1) is 0 Å². The first-order valence-corrected chi connectivity index (χ1v) is 8.88. The van der Waals surface area contributed by atoms with Crippen molar-refractivity contribution in [2.45, 2.75) is 9.79 Å². The third-order valence-electron chi connectivity index (χ3n) is 2.94. The zero-order valence-electron chi connectivity index (χ0n) is 11.5. The molecule has 7 nitrogen and oxygen atoms in total. The van der Waals surface area contributed by atoms with Crippen LogP contribution in [-0.2, 0) is 20.2 Å². The molecule has 0 bridgehead atoms. The molecule has 0 unspecified atom stereocenters. The summed E-state index contributed by atoms with van der Waals surface area (Å²) in [5.74, 6) is -3.58. The quantitative estimate of drug-likeness (QED) is 0.612. The summed E-state index contributed by atoms with van der Waals surface area (Å²) in [6, 6.07) is 4.10. The van der Waals surface area contributed by atoms with Gasteiger partial charge in [0.15, 0.2) is 5.78 Å². The van der Waals surface area contributed by atoms with Crippen LogP contribution >= 0.6 is 0 Å². The van der Waals surface area contributed by atoms with E-state index in [4.69, 9.17) is 9.11 Å². The molecule has 2 rings (SSSR count). The van der Waals surface area contributed by atoms with E-state index in [1.165, 1.54) is 0 Å². The minimum absolute atomic E-state index is 0.406. The van der Waals surface area contributed by atoms with E-state index in [2.05, 4.69) is 0 Å². The Hall–Kier alpha value is -2.21. The first kappa shape index (κ1) is 18.1. The normalized spacial score (nSPS) is 12.2. The Balaban J connectivity index is 2.59. The van der Waals surface area contributed by atoms with E-state index in [0.717, 1.165) is 12.1 Å². The van der Waals surface area contributed by atoms with Crippen molar-refractivity contribution >= 4 is 26.0 Å². The molecule has 0 aromatic heterocycles. The molecule has 2 aromatic rings. The van der Waals surface area contributed by atoms with Crippen LogP contribution in [0.1, 0.15) is 15.9 Å². The fourth-order valence-corrected chi connectivity index (χ4v) is 3.03. The molecule has 0 radical (unpaired) electrons. The second kappa shape index (κ2) is 6.02. The molecule has 2 aromatic carbocycles. The van der Waals surface area contributed by atoms with Gasteiger partial charge < -0.3 is 0 Å². The fraction of sp³-hybridized carbons (Fsp3) is 0. The number of hydrogen-bond acceptors (Lipinski definition) is 5. The highest BCUT2D eigenvalue weighted by atomic mass is 32.2.